The molecule has 6 heteroatoms. The van der Waals surface area contributed by atoms with E-state index in [1.165, 1.54) is 7.05 Å². The van der Waals surface area contributed by atoms with Crippen LogP contribution >= 0.6 is 0 Å². The number of hydrogen-bond acceptors (Lipinski definition) is 4. The summed E-state index contributed by atoms with van der Waals surface area (Å²) in [6, 6.07) is -0.615. The molecule has 1 aliphatic heterocycles. The predicted octanol–water partition coefficient (Wildman–Crippen LogP) is -0.765. The lowest BCUT2D eigenvalue weighted by atomic mass is 9.91. The van der Waals surface area contributed by atoms with Crippen LogP contribution in [0.25, 0.3) is 0 Å². The summed E-state index contributed by atoms with van der Waals surface area (Å²) in [6.45, 7) is 3.63. The standard InChI is InChI=1S/C11H19N3O3/c1-11(2,6-12)10(17)13-7-4-5-8(15)14(3)9(7)16/h7H,4-6,12H2,1-3H3,(H,13,17). The van der Waals surface area contributed by atoms with Crippen molar-refractivity contribution < 1.29 is 14.4 Å². The van der Waals surface area contributed by atoms with Gasteiger partial charge in [0.1, 0.15) is 6.04 Å². The Kier molecular flexibility index (Phi) is 3.87. The van der Waals surface area contributed by atoms with Gasteiger partial charge in [-0.3, -0.25) is 19.3 Å². The van der Waals surface area contributed by atoms with Gasteiger partial charge in [0.05, 0.1) is 5.41 Å². The SMILES string of the molecule is CN1C(=O)CCC(NC(=O)C(C)(C)CN)C1=O. The fourth-order valence-corrected chi connectivity index (χ4v) is 1.50. The summed E-state index contributed by atoms with van der Waals surface area (Å²) in [5.41, 5.74) is 4.78. The number of carbonyl (C=O) groups is 3. The Morgan fingerprint density at radius 3 is 2.65 bits per heavy atom. The largest absolute Gasteiger partial charge is 0.344 e. The third kappa shape index (κ3) is 2.82. The van der Waals surface area contributed by atoms with Crippen molar-refractivity contribution in [2.24, 2.45) is 11.1 Å². The van der Waals surface area contributed by atoms with Crippen molar-refractivity contribution in [1.82, 2.24) is 10.2 Å². The Morgan fingerprint density at radius 2 is 2.12 bits per heavy atom. The highest BCUT2D eigenvalue weighted by Crippen LogP contribution is 2.16. The second-order valence-electron chi connectivity index (χ2n) is 4.94. The summed E-state index contributed by atoms with van der Waals surface area (Å²) < 4.78 is 0. The first-order chi connectivity index (χ1) is 7.79. The molecule has 0 spiro atoms. The molecule has 1 unspecified atom stereocenters. The number of nitrogens with zero attached hydrogens (tertiary/aromatic N) is 1. The zero-order valence-corrected chi connectivity index (χ0v) is 10.4. The molecule has 6 nitrogen and oxygen atoms in total. The molecule has 1 aliphatic rings. The van der Waals surface area contributed by atoms with E-state index >= 15 is 0 Å². The van der Waals surface area contributed by atoms with E-state index in [9.17, 15) is 14.4 Å². The van der Waals surface area contributed by atoms with Crippen LogP contribution in [0.1, 0.15) is 26.7 Å². The van der Waals surface area contributed by atoms with Gasteiger partial charge in [0, 0.05) is 20.0 Å². The molecule has 0 aromatic carbocycles. The number of imide groups is 1. The topological polar surface area (TPSA) is 92.5 Å². The van der Waals surface area contributed by atoms with Crippen molar-refractivity contribution in [2.45, 2.75) is 32.7 Å². The first-order valence-corrected chi connectivity index (χ1v) is 5.61. The van der Waals surface area contributed by atoms with Crippen LogP contribution in [0.15, 0.2) is 0 Å². The fraction of sp³-hybridized carbons (Fsp3) is 0.727. The van der Waals surface area contributed by atoms with Gasteiger partial charge in [-0.2, -0.15) is 0 Å². The van der Waals surface area contributed by atoms with E-state index in [1.807, 2.05) is 0 Å². The molecule has 3 amide bonds. The molecule has 17 heavy (non-hydrogen) atoms. The Bertz CT molecular complexity index is 352. The summed E-state index contributed by atoms with van der Waals surface area (Å²) in [5.74, 6) is -0.831. The monoisotopic (exact) mass is 241 g/mol. The Morgan fingerprint density at radius 1 is 1.53 bits per heavy atom. The molecule has 0 aromatic rings. The van der Waals surface area contributed by atoms with E-state index in [-0.39, 0.29) is 30.7 Å². The normalized spacial score (nSPS) is 21.6. The van der Waals surface area contributed by atoms with Crippen LogP contribution < -0.4 is 11.1 Å². The molecule has 96 valence electrons. The van der Waals surface area contributed by atoms with E-state index in [0.29, 0.717) is 6.42 Å². The van der Waals surface area contributed by atoms with E-state index < -0.39 is 11.5 Å². The van der Waals surface area contributed by atoms with E-state index in [1.54, 1.807) is 13.8 Å². The number of likely N-dealkylation sites (N-methyl/N-ethyl adjacent to an activating group) is 1. The van der Waals surface area contributed by atoms with E-state index in [2.05, 4.69) is 5.32 Å². The van der Waals surface area contributed by atoms with Crippen LogP contribution in [0, 0.1) is 5.41 Å². The number of nitrogens with two attached hydrogens (primary N) is 1. The number of carbonyl (C=O) groups excluding carboxylic acids is 3. The minimum absolute atomic E-state index is 0.203. The van der Waals surface area contributed by atoms with E-state index in [0.717, 1.165) is 4.90 Å². The third-order valence-corrected chi connectivity index (χ3v) is 3.08. The fourth-order valence-electron chi connectivity index (χ4n) is 1.50. The summed E-state index contributed by atoms with van der Waals surface area (Å²) in [4.78, 5) is 35.9. The number of amides is 3. The van der Waals surface area contributed by atoms with Gasteiger partial charge in [0.2, 0.25) is 11.8 Å². The molecule has 1 fully saturated rings. The van der Waals surface area contributed by atoms with Crippen molar-refractivity contribution in [3.8, 4) is 0 Å². The predicted molar refractivity (Wildman–Crippen MR) is 61.8 cm³/mol. The molecular weight excluding hydrogens is 222 g/mol. The number of piperidine rings is 1. The molecule has 0 aliphatic carbocycles. The molecule has 1 saturated heterocycles. The molecular formula is C11H19N3O3. The van der Waals surface area contributed by atoms with Crippen molar-refractivity contribution >= 4 is 17.7 Å². The minimum atomic E-state index is -0.708. The van der Waals surface area contributed by atoms with Gasteiger partial charge in [-0.05, 0) is 20.3 Å². The highest BCUT2D eigenvalue weighted by molar-refractivity contribution is 6.01. The number of rotatable bonds is 3. The maximum absolute atomic E-state index is 11.9. The molecule has 1 atom stereocenters. The average Bonchev–Trinajstić information content (AvgIpc) is 2.29. The lowest BCUT2D eigenvalue weighted by Crippen LogP contribution is -2.55. The Balaban J connectivity index is 2.67. The maximum atomic E-state index is 11.9. The van der Waals surface area contributed by atoms with Crippen molar-refractivity contribution in [1.29, 1.82) is 0 Å². The molecule has 1 heterocycles. The smallest absolute Gasteiger partial charge is 0.251 e. The third-order valence-electron chi connectivity index (χ3n) is 3.08. The first kappa shape index (κ1) is 13.6. The second-order valence-corrected chi connectivity index (χ2v) is 4.94. The van der Waals surface area contributed by atoms with Gasteiger partial charge in [0.15, 0.2) is 0 Å². The van der Waals surface area contributed by atoms with Gasteiger partial charge >= 0.3 is 0 Å². The number of hydrogen-bond donors (Lipinski definition) is 2. The van der Waals surface area contributed by atoms with Gasteiger partial charge in [-0.25, -0.2) is 0 Å². The maximum Gasteiger partial charge on any atom is 0.251 e. The average molecular weight is 241 g/mol. The molecule has 0 radical (unpaired) electrons. The van der Waals surface area contributed by atoms with Crippen LogP contribution in [-0.4, -0.2) is 42.3 Å². The quantitative estimate of drug-likeness (QED) is 0.635. The number of likely N-dealkylation sites (tertiary alicyclic amines) is 1. The highest BCUT2D eigenvalue weighted by Gasteiger charge is 2.35. The molecule has 3 N–H and O–H groups in total. The van der Waals surface area contributed by atoms with E-state index in [4.69, 9.17) is 5.73 Å². The molecule has 0 saturated carbocycles. The van der Waals surface area contributed by atoms with Crippen molar-refractivity contribution in [3.63, 3.8) is 0 Å². The lowest BCUT2D eigenvalue weighted by molar-refractivity contribution is -0.150. The number of nitrogens with one attached hydrogen (secondary N) is 1. The zero-order chi connectivity index (χ0) is 13.2. The lowest BCUT2D eigenvalue weighted by Gasteiger charge is -2.31. The van der Waals surface area contributed by atoms with Gasteiger partial charge in [-0.1, -0.05) is 0 Å². The zero-order valence-electron chi connectivity index (χ0n) is 10.4. The van der Waals surface area contributed by atoms with Crippen molar-refractivity contribution in [2.75, 3.05) is 13.6 Å². The molecule has 1 rings (SSSR count). The summed E-state index contributed by atoms with van der Waals surface area (Å²) >= 11 is 0. The molecule has 0 bridgehead atoms. The minimum Gasteiger partial charge on any atom is -0.344 e. The second kappa shape index (κ2) is 4.83. The van der Waals surface area contributed by atoms with Crippen LogP contribution in [-0.2, 0) is 14.4 Å². The Labute approximate surface area is 101 Å². The Hall–Kier alpha value is -1.43. The van der Waals surface area contributed by atoms with Crippen LogP contribution in [0.2, 0.25) is 0 Å². The highest BCUT2D eigenvalue weighted by atomic mass is 16.2. The van der Waals surface area contributed by atoms with Gasteiger partial charge in [0.25, 0.3) is 5.91 Å². The first-order valence-electron chi connectivity index (χ1n) is 5.61. The van der Waals surface area contributed by atoms with Crippen LogP contribution in [0.5, 0.6) is 0 Å². The summed E-state index contributed by atoms with van der Waals surface area (Å²) in [7, 11) is 1.43. The van der Waals surface area contributed by atoms with Gasteiger partial charge < -0.3 is 11.1 Å². The molecule has 0 aromatic heterocycles. The van der Waals surface area contributed by atoms with Gasteiger partial charge in [-0.15, -0.1) is 0 Å². The van der Waals surface area contributed by atoms with Crippen molar-refractivity contribution in [3.05, 3.63) is 0 Å². The van der Waals surface area contributed by atoms with Crippen LogP contribution in [0.4, 0.5) is 0 Å². The summed E-state index contributed by atoms with van der Waals surface area (Å²) in [6.07, 6.45) is 0.630. The van der Waals surface area contributed by atoms with Crippen LogP contribution in [0.3, 0.4) is 0 Å². The summed E-state index contributed by atoms with van der Waals surface area (Å²) in [5, 5.41) is 2.65.